The number of hydrogen-bond donors (Lipinski definition) is 2. The number of esters is 1. The highest BCUT2D eigenvalue weighted by atomic mass is 16.6. The number of nitrogen functional groups attached to an aromatic ring is 1. The van der Waals surface area contributed by atoms with Gasteiger partial charge >= 0.3 is 5.97 Å². The summed E-state index contributed by atoms with van der Waals surface area (Å²) in [5.41, 5.74) is 6.17. The molecule has 154 valence electrons. The third-order valence-corrected chi connectivity index (χ3v) is 3.98. The van der Waals surface area contributed by atoms with Gasteiger partial charge in [0.2, 0.25) is 0 Å². The summed E-state index contributed by atoms with van der Waals surface area (Å²) in [6.07, 6.45) is 0.537. The fourth-order valence-corrected chi connectivity index (χ4v) is 2.49. The molecule has 0 aromatic heterocycles. The van der Waals surface area contributed by atoms with Crippen LogP contribution in [0.25, 0.3) is 0 Å². The molecule has 10 heteroatoms. The van der Waals surface area contributed by atoms with Crippen molar-refractivity contribution in [3.8, 4) is 11.5 Å². The number of methoxy groups -OCH3 is 2. The summed E-state index contributed by atoms with van der Waals surface area (Å²) in [7, 11) is 3.08. The molecule has 2 rings (SSSR count). The predicted octanol–water partition coefficient (Wildman–Crippen LogP) is 1.71. The van der Waals surface area contributed by atoms with Crippen LogP contribution in [-0.2, 0) is 16.0 Å². The largest absolute Gasteiger partial charge is 0.493 e. The lowest BCUT2D eigenvalue weighted by molar-refractivity contribution is -0.384. The molecule has 0 bridgehead atoms. The zero-order valence-electron chi connectivity index (χ0n) is 16.0. The number of hydrogen-bond acceptors (Lipinski definition) is 8. The maximum atomic E-state index is 12.0. The van der Waals surface area contributed by atoms with Gasteiger partial charge in [0.1, 0.15) is 0 Å². The second-order valence-electron chi connectivity index (χ2n) is 5.89. The molecule has 0 saturated carbocycles. The molecule has 2 aromatic rings. The van der Waals surface area contributed by atoms with Crippen LogP contribution in [0.4, 0.5) is 11.4 Å². The maximum Gasteiger partial charge on any atom is 0.340 e. The lowest BCUT2D eigenvalue weighted by Crippen LogP contribution is -2.30. The van der Waals surface area contributed by atoms with Gasteiger partial charge in [-0.05, 0) is 30.2 Å². The van der Waals surface area contributed by atoms with Crippen LogP contribution < -0.4 is 20.5 Å². The molecule has 0 fully saturated rings. The summed E-state index contributed by atoms with van der Waals surface area (Å²) in [5, 5.41) is 13.3. The third kappa shape index (κ3) is 5.83. The Hall–Kier alpha value is -3.82. The van der Waals surface area contributed by atoms with Gasteiger partial charge in [-0.1, -0.05) is 6.07 Å². The predicted molar refractivity (Wildman–Crippen MR) is 104 cm³/mol. The van der Waals surface area contributed by atoms with Crippen LogP contribution in [0.3, 0.4) is 0 Å². The number of carbonyl (C=O) groups excluding carboxylic acids is 2. The molecule has 0 saturated heterocycles. The summed E-state index contributed by atoms with van der Waals surface area (Å²) in [5.74, 6) is -0.129. The van der Waals surface area contributed by atoms with E-state index in [1.54, 1.807) is 13.2 Å². The van der Waals surface area contributed by atoms with Gasteiger partial charge in [-0.15, -0.1) is 0 Å². The fraction of sp³-hybridized carbons (Fsp3) is 0.263. The van der Waals surface area contributed by atoms with Crippen molar-refractivity contribution >= 4 is 23.3 Å². The second kappa shape index (κ2) is 9.93. The number of rotatable bonds is 9. The van der Waals surface area contributed by atoms with Gasteiger partial charge in [-0.25, -0.2) is 4.79 Å². The highest BCUT2D eigenvalue weighted by Crippen LogP contribution is 2.27. The Morgan fingerprint density at radius 2 is 1.83 bits per heavy atom. The molecule has 0 unspecified atom stereocenters. The third-order valence-electron chi connectivity index (χ3n) is 3.98. The number of carbonyl (C=O) groups is 2. The molecule has 0 atom stereocenters. The van der Waals surface area contributed by atoms with E-state index in [2.05, 4.69) is 5.32 Å². The van der Waals surface area contributed by atoms with Crippen LogP contribution >= 0.6 is 0 Å². The summed E-state index contributed by atoms with van der Waals surface area (Å²) < 4.78 is 15.3. The number of nitro groups is 1. The van der Waals surface area contributed by atoms with Gasteiger partial charge in [0, 0.05) is 18.7 Å². The number of amides is 1. The van der Waals surface area contributed by atoms with Crippen molar-refractivity contribution in [3.63, 3.8) is 0 Å². The van der Waals surface area contributed by atoms with Crippen LogP contribution in [0.5, 0.6) is 11.5 Å². The van der Waals surface area contributed by atoms with Gasteiger partial charge in [0.25, 0.3) is 11.6 Å². The van der Waals surface area contributed by atoms with Crippen molar-refractivity contribution < 1.29 is 28.7 Å². The van der Waals surface area contributed by atoms with E-state index < -0.39 is 23.4 Å². The number of benzene rings is 2. The van der Waals surface area contributed by atoms with Crippen LogP contribution in [0.1, 0.15) is 15.9 Å². The summed E-state index contributed by atoms with van der Waals surface area (Å²) in [6, 6.07) is 8.81. The number of ether oxygens (including phenoxy) is 3. The SMILES string of the molecule is COc1ccc(CCNC(=O)COC(=O)c2ccc([N+](=O)[O-])cc2N)cc1OC. The van der Waals surface area contributed by atoms with Gasteiger partial charge in [0.15, 0.2) is 18.1 Å². The average Bonchev–Trinajstić information content (AvgIpc) is 2.71. The van der Waals surface area contributed by atoms with Gasteiger partial charge in [-0.2, -0.15) is 0 Å². The quantitative estimate of drug-likeness (QED) is 0.279. The first-order valence-electron chi connectivity index (χ1n) is 8.54. The molecule has 0 radical (unpaired) electrons. The molecule has 1 amide bonds. The zero-order valence-corrected chi connectivity index (χ0v) is 16.0. The number of nitro benzene ring substituents is 1. The van der Waals surface area contributed by atoms with Gasteiger partial charge in [0.05, 0.1) is 30.4 Å². The molecular formula is C19H21N3O7. The minimum Gasteiger partial charge on any atom is -0.493 e. The van der Waals surface area contributed by atoms with Crippen molar-refractivity contribution in [2.75, 3.05) is 33.1 Å². The van der Waals surface area contributed by atoms with Crippen molar-refractivity contribution in [1.29, 1.82) is 0 Å². The lowest BCUT2D eigenvalue weighted by atomic mass is 10.1. The topological polar surface area (TPSA) is 143 Å². The van der Waals surface area contributed by atoms with Crippen LogP contribution in [0.15, 0.2) is 36.4 Å². The van der Waals surface area contributed by atoms with Gasteiger partial charge in [-0.3, -0.25) is 14.9 Å². The number of non-ortho nitro benzene ring substituents is 1. The Morgan fingerprint density at radius 1 is 1.10 bits per heavy atom. The molecule has 10 nitrogen and oxygen atoms in total. The monoisotopic (exact) mass is 403 g/mol. The molecular weight excluding hydrogens is 382 g/mol. The van der Waals surface area contributed by atoms with E-state index in [0.29, 0.717) is 24.5 Å². The van der Waals surface area contributed by atoms with Crippen LogP contribution in [-0.4, -0.2) is 44.2 Å². The first kappa shape index (κ1) is 21.5. The molecule has 3 N–H and O–H groups in total. The van der Waals surface area contributed by atoms with Crippen LogP contribution in [0, 0.1) is 10.1 Å². The highest BCUT2D eigenvalue weighted by molar-refractivity contribution is 5.96. The molecule has 0 spiro atoms. The van der Waals surface area contributed by atoms with Gasteiger partial charge < -0.3 is 25.3 Å². The van der Waals surface area contributed by atoms with E-state index in [4.69, 9.17) is 19.9 Å². The van der Waals surface area contributed by atoms with E-state index in [-0.39, 0.29) is 16.9 Å². The minimum absolute atomic E-state index is 0.0475. The highest BCUT2D eigenvalue weighted by Gasteiger charge is 2.16. The van der Waals surface area contributed by atoms with Crippen molar-refractivity contribution in [3.05, 3.63) is 57.6 Å². The smallest absolute Gasteiger partial charge is 0.340 e. The Labute approximate surface area is 166 Å². The zero-order chi connectivity index (χ0) is 21.4. The minimum atomic E-state index is -0.840. The first-order valence-corrected chi connectivity index (χ1v) is 8.54. The summed E-state index contributed by atoms with van der Waals surface area (Å²) >= 11 is 0. The maximum absolute atomic E-state index is 12.0. The molecule has 0 heterocycles. The summed E-state index contributed by atoms with van der Waals surface area (Å²) in [6.45, 7) is -0.174. The lowest BCUT2D eigenvalue weighted by Gasteiger charge is -2.10. The van der Waals surface area contributed by atoms with E-state index >= 15 is 0 Å². The number of nitrogens with two attached hydrogens (primary N) is 1. The second-order valence-corrected chi connectivity index (χ2v) is 5.89. The molecule has 0 aliphatic heterocycles. The standard InChI is InChI=1S/C19H21N3O7/c1-27-16-6-3-12(9-17(16)28-2)7-8-21-18(23)11-29-19(24)14-5-4-13(22(25)26)10-15(14)20/h3-6,9-10H,7-8,11,20H2,1-2H3,(H,21,23). The van der Waals surface area contributed by atoms with Crippen molar-refractivity contribution in [2.45, 2.75) is 6.42 Å². The normalized spacial score (nSPS) is 10.1. The molecule has 0 aliphatic rings. The first-order chi connectivity index (χ1) is 13.8. The Morgan fingerprint density at radius 3 is 2.45 bits per heavy atom. The van der Waals surface area contributed by atoms with E-state index in [9.17, 15) is 19.7 Å². The van der Waals surface area contributed by atoms with Crippen LogP contribution in [0.2, 0.25) is 0 Å². The average molecular weight is 403 g/mol. The Bertz CT molecular complexity index is 915. The summed E-state index contributed by atoms with van der Waals surface area (Å²) in [4.78, 5) is 33.9. The van der Waals surface area contributed by atoms with E-state index in [0.717, 1.165) is 17.7 Å². The Kier molecular flexibility index (Phi) is 7.35. The van der Waals surface area contributed by atoms with E-state index in [1.165, 1.54) is 13.2 Å². The van der Waals surface area contributed by atoms with E-state index in [1.807, 2.05) is 12.1 Å². The number of nitrogens with zero attached hydrogens (tertiary/aromatic N) is 1. The fourth-order valence-electron chi connectivity index (χ4n) is 2.49. The number of anilines is 1. The molecule has 2 aromatic carbocycles. The number of nitrogens with one attached hydrogen (secondary N) is 1. The Balaban J connectivity index is 1.81. The molecule has 0 aliphatic carbocycles. The van der Waals surface area contributed by atoms with Crippen molar-refractivity contribution in [1.82, 2.24) is 5.32 Å². The van der Waals surface area contributed by atoms with Crippen molar-refractivity contribution in [2.24, 2.45) is 0 Å². The molecule has 29 heavy (non-hydrogen) atoms.